The van der Waals surface area contributed by atoms with Crippen LogP contribution in [-0.4, -0.2) is 72.3 Å². The minimum atomic E-state index is 0. The summed E-state index contributed by atoms with van der Waals surface area (Å²) in [6, 6.07) is 7.46. The van der Waals surface area contributed by atoms with E-state index in [9.17, 15) is 9.59 Å². The number of benzene rings is 1. The van der Waals surface area contributed by atoms with Crippen LogP contribution in [0.3, 0.4) is 0 Å². The summed E-state index contributed by atoms with van der Waals surface area (Å²) >= 11 is 0. The van der Waals surface area contributed by atoms with E-state index in [2.05, 4.69) is 4.90 Å². The summed E-state index contributed by atoms with van der Waals surface area (Å²) in [5.74, 6) is 0.213. The number of carbonyl (C=O) groups excluding carboxylic acids is 2. The summed E-state index contributed by atoms with van der Waals surface area (Å²) < 4.78 is 0. The van der Waals surface area contributed by atoms with Crippen LogP contribution in [0.2, 0.25) is 0 Å². The van der Waals surface area contributed by atoms with Crippen LogP contribution in [-0.2, 0) is 11.3 Å². The fourth-order valence-electron chi connectivity index (χ4n) is 2.94. The highest BCUT2D eigenvalue weighted by Gasteiger charge is 2.24. The highest BCUT2D eigenvalue weighted by Crippen LogP contribution is 2.10. The summed E-state index contributed by atoms with van der Waals surface area (Å²) in [5.41, 5.74) is 7.30. The predicted molar refractivity (Wildman–Crippen MR) is 102 cm³/mol. The van der Waals surface area contributed by atoms with Crippen LogP contribution in [0.1, 0.15) is 29.8 Å². The predicted octanol–water partition coefficient (Wildman–Crippen LogP) is 1.19. The Balaban J connectivity index is 0.00000312. The van der Waals surface area contributed by atoms with E-state index in [1.165, 1.54) is 0 Å². The Kier molecular flexibility index (Phi) is 8.89. The Bertz CT molecular complexity index is 553. The third-order valence-electron chi connectivity index (χ3n) is 4.57. The Morgan fingerprint density at radius 1 is 1.04 bits per heavy atom. The molecule has 1 heterocycles. The molecule has 6 nitrogen and oxygen atoms in total. The van der Waals surface area contributed by atoms with Crippen molar-refractivity contribution in [3.05, 3.63) is 35.4 Å². The van der Waals surface area contributed by atoms with Gasteiger partial charge in [-0.25, -0.2) is 0 Å². The normalized spacial score (nSPS) is 14.8. The van der Waals surface area contributed by atoms with Gasteiger partial charge < -0.3 is 15.5 Å². The summed E-state index contributed by atoms with van der Waals surface area (Å²) in [5, 5.41) is 0. The first kappa shape index (κ1) is 21.4. The van der Waals surface area contributed by atoms with Crippen LogP contribution in [0.15, 0.2) is 24.3 Å². The van der Waals surface area contributed by atoms with Crippen LogP contribution in [0.25, 0.3) is 0 Å². The second-order valence-corrected chi connectivity index (χ2v) is 6.04. The van der Waals surface area contributed by atoms with Gasteiger partial charge in [-0.15, -0.1) is 12.4 Å². The van der Waals surface area contributed by atoms with Crippen LogP contribution in [0, 0.1) is 0 Å². The van der Waals surface area contributed by atoms with Crippen molar-refractivity contribution in [3.8, 4) is 0 Å². The highest BCUT2D eigenvalue weighted by atomic mass is 35.5. The third kappa shape index (κ3) is 5.70. The minimum absolute atomic E-state index is 0. The minimum Gasteiger partial charge on any atom is -0.342 e. The first-order valence-corrected chi connectivity index (χ1v) is 8.67. The van der Waals surface area contributed by atoms with E-state index < -0.39 is 0 Å². The number of hydrogen-bond donors (Lipinski definition) is 1. The number of rotatable bonds is 6. The molecule has 1 aliphatic heterocycles. The maximum absolute atomic E-state index is 12.5. The molecule has 0 bridgehead atoms. The molecule has 0 atom stereocenters. The molecule has 0 unspecified atom stereocenters. The number of carbonyl (C=O) groups is 2. The fourth-order valence-corrected chi connectivity index (χ4v) is 2.94. The van der Waals surface area contributed by atoms with Gasteiger partial charge in [0.1, 0.15) is 0 Å². The second kappa shape index (κ2) is 10.4. The summed E-state index contributed by atoms with van der Waals surface area (Å²) in [6.07, 6.45) is 0. The number of piperazine rings is 1. The van der Waals surface area contributed by atoms with Gasteiger partial charge >= 0.3 is 0 Å². The van der Waals surface area contributed by atoms with Crippen molar-refractivity contribution in [3.63, 3.8) is 0 Å². The molecule has 1 aliphatic rings. The number of likely N-dealkylation sites (N-methyl/N-ethyl adjacent to an activating group) is 1. The molecule has 1 fully saturated rings. The molecule has 0 saturated carbocycles. The lowest BCUT2D eigenvalue weighted by Gasteiger charge is -2.35. The lowest BCUT2D eigenvalue weighted by molar-refractivity contribution is -0.132. The van der Waals surface area contributed by atoms with Gasteiger partial charge in [-0.2, -0.15) is 0 Å². The SMILES string of the molecule is CCN(CC)C(=O)CN1CCN(C(=O)c2ccc(CN)cc2)CC1.Cl. The highest BCUT2D eigenvalue weighted by molar-refractivity contribution is 5.94. The van der Waals surface area contributed by atoms with E-state index in [0.29, 0.717) is 31.7 Å². The van der Waals surface area contributed by atoms with Crippen LogP contribution >= 0.6 is 12.4 Å². The quantitative estimate of drug-likeness (QED) is 0.819. The van der Waals surface area contributed by atoms with Crippen LogP contribution < -0.4 is 5.73 Å². The molecular formula is C18H29ClN4O2. The van der Waals surface area contributed by atoms with Gasteiger partial charge in [-0.1, -0.05) is 12.1 Å². The maximum atomic E-state index is 12.5. The van der Waals surface area contributed by atoms with E-state index in [1.54, 1.807) is 0 Å². The average molecular weight is 369 g/mol. The van der Waals surface area contributed by atoms with Gasteiger partial charge in [0.25, 0.3) is 5.91 Å². The lowest BCUT2D eigenvalue weighted by atomic mass is 10.1. The molecule has 1 aromatic rings. The summed E-state index contributed by atoms with van der Waals surface area (Å²) in [6.45, 7) is 9.18. The van der Waals surface area contributed by atoms with Gasteiger partial charge in [-0.05, 0) is 31.5 Å². The number of nitrogens with zero attached hydrogens (tertiary/aromatic N) is 3. The van der Waals surface area contributed by atoms with Crippen molar-refractivity contribution in [2.24, 2.45) is 5.73 Å². The zero-order valence-corrected chi connectivity index (χ0v) is 15.9. The Morgan fingerprint density at radius 3 is 2.08 bits per heavy atom. The fraction of sp³-hybridized carbons (Fsp3) is 0.556. The Hall–Kier alpha value is -1.63. The third-order valence-corrected chi connectivity index (χ3v) is 4.57. The van der Waals surface area contributed by atoms with Crippen molar-refractivity contribution < 1.29 is 9.59 Å². The van der Waals surface area contributed by atoms with Gasteiger partial charge in [-0.3, -0.25) is 14.5 Å². The van der Waals surface area contributed by atoms with E-state index >= 15 is 0 Å². The van der Waals surface area contributed by atoms with Crippen molar-refractivity contribution in [2.75, 3.05) is 45.8 Å². The molecule has 1 aromatic carbocycles. The number of amides is 2. The zero-order valence-electron chi connectivity index (χ0n) is 15.1. The van der Waals surface area contributed by atoms with Crippen LogP contribution in [0.5, 0.6) is 0 Å². The largest absolute Gasteiger partial charge is 0.342 e. The molecule has 2 amide bonds. The van der Waals surface area contributed by atoms with Crippen molar-refractivity contribution >= 4 is 24.2 Å². The first-order valence-electron chi connectivity index (χ1n) is 8.67. The molecule has 140 valence electrons. The first-order chi connectivity index (χ1) is 11.6. The van der Waals surface area contributed by atoms with Crippen molar-refractivity contribution in [1.29, 1.82) is 0 Å². The maximum Gasteiger partial charge on any atom is 0.253 e. The smallest absolute Gasteiger partial charge is 0.253 e. The number of halogens is 1. The Morgan fingerprint density at radius 2 is 1.60 bits per heavy atom. The Labute approximate surface area is 156 Å². The van der Waals surface area contributed by atoms with Gasteiger partial charge in [0.05, 0.1) is 6.54 Å². The molecule has 1 saturated heterocycles. The zero-order chi connectivity index (χ0) is 17.5. The van der Waals surface area contributed by atoms with E-state index in [1.807, 2.05) is 47.9 Å². The number of nitrogens with two attached hydrogens (primary N) is 1. The topological polar surface area (TPSA) is 69.9 Å². The summed E-state index contributed by atoms with van der Waals surface area (Å²) in [4.78, 5) is 30.5. The molecule has 25 heavy (non-hydrogen) atoms. The average Bonchev–Trinajstić information content (AvgIpc) is 2.63. The van der Waals surface area contributed by atoms with Gasteiger partial charge in [0, 0.05) is 51.4 Å². The summed E-state index contributed by atoms with van der Waals surface area (Å²) in [7, 11) is 0. The van der Waals surface area contributed by atoms with E-state index in [0.717, 1.165) is 31.7 Å². The molecule has 0 aromatic heterocycles. The van der Waals surface area contributed by atoms with E-state index in [4.69, 9.17) is 5.73 Å². The molecule has 0 radical (unpaired) electrons. The van der Waals surface area contributed by atoms with Crippen molar-refractivity contribution in [2.45, 2.75) is 20.4 Å². The van der Waals surface area contributed by atoms with E-state index in [-0.39, 0.29) is 24.2 Å². The van der Waals surface area contributed by atoms with Gasteiger partial charge in [0.15, 0.2) is 0 Å². The molecule has 2 N–H and O–H groups in total. The molecule has 0 aliphatic carbocycles. The second-order valence-electron chi connectivity index (χ2n) is 6.04. The monoisotopic (exact) mass is 368 g/mol. The molecule has 7 heteroatoms. The molecule has 2 rings (SSSR count). The molecule has 0 spiro atoms. The lowest BCUT2D eigenvalue weighted by Crippen LogP contribution is -2.51. The van der Waals surface area contributed by atoms with Crippen LogP contribution in [0.4, 0.5) is 0 Å². The molecular weight excluding hydrogens is 340 g/mol. The number of hydrogen-bond acceptors (Lipinski definition) is 4. The van der Waals surface area contributed by atoms with Crippen molar-refractivity contribution in [1.82, 2.24) is 14.7 Å². The standard InChI is InChI=1S/C18H28N4O2.ClH/c1-3-21(4-2)17(23)14-20-9-11-22(12-10-20)18(24)16-7-5-15(13-19)6-8-16;/h5-8H,3-4,9-14,19H2,1-2H3;1H. The van der Waals surface area contributed by atoms with Gasteiger partial charge in [0.2, 0.25) is 5.91 Å².